The van der Waals surface area contributed by atoms with Crippen molar-refractivity contribution < 1.29 is 14.3 Å². The highest BCUT2D eigenvalue weighted by Crippen LogP contribution is 2.29. The van der Waals surface area contributed by atoms with Crippen LogP contribution in [-0.4, -0.2) is 18.5 Å². The van der Waals surface area contributed by atoms with E-state index in [0.717, 1.165) is 17.9 Å². The predicted octanol–water partition coefficient (Wildman–Crippen LogP) is 1.36. The second-order valence-electron chi connectivity index (χ2n) is 4.72. The quantitative estimate of drug-likeness (QED) is 0.788. The summed E-state index contributed by atoms with van der Waals surface area (Å²) in [7, 11) is 0. The molecule has 5 nitrogen and oxygen atoms in total. The zero-order valence-electron chi connectivity index (χ0n) is 9.81. The number of ether oxygens (including phenoxy) is 1. The van der Waals surface area contributed by atoms with Crippen molar-refractivity contribution in [3.63, 3.8) is 0 Å². The number of urea groups is 1. The van der Waals surface area contributed by atoms with Crippen LogP contribution in [0.25, 0.3) is 0 Å². The van der Waals surface area contributed by atoms with Crippen LogP contribution in [0.3, 0.4) is 0 Å². The van der Waals surface area contributed by atoms with Gasteiger partial charge in [-0.2, -0.15) is 0 Å². The number of carbonyl (C=O) groups excluding carboxylic acids is 2. The van der Waals surface area contributed by atoms with E-state index < -0.39 is 12.1 Å². The fraction of sp³-hybridized carbons (Fsp3) is 0.385. The number of benzene rings is 1. The molecule has 18 heavy (non-hydrogen) atoms. The topological polar surface area (TPSA) is 67.4 Å². The average Bonchev–Trinajstić information content (AvgIpc) is 3.13. The highest BCUT2D eigenvalue weighted by atomic mass is 16.5. The van der Waals surface area contributed by atoms with Crippen LogP contribution in [0.5, 0.6) is 5.75 Å². The van der Waals surface area contributed by atoms with Crippen LogP contribution in [0.15, 0.2) is 24.3 Å². The number of amides is 3. The molecule has 5 heteroatoms. The average molecular weight is 246 g/mol. The lowest BCUT2D eigenvalue weighted by molar-refractivity contribution is -0.120. The third-order valence-corrected chi connectivity index (χ3v) is 3.17. The minimum atomic E-state index is -0.588. The van der Waals surface area contributed by atoms with E-state index in [1.54, 1.807) is 12.1 Å². The summed E-state index contributed by atoms with van der Waals surface area (Å²) in [6.45, 7) is 0.764. The van der Waals surface area contributed by atoms with Crippen molar-refractivity contribution in [1.29, 1.82) is 0 Å². The van der Waals surface area contributed by atoms with E-state index in [2.05, 4.69) is 10.6 Å². The summed E-state index contributed by atoms with van der Waals surface area (Å²) >= 11 is 0. The summed E-state index contributed by atoms with van der Waals surface area (Å²) in [4.78, 5) is 22.5. The largest absolute Gasteiger partial charge is 0.493 e. The molecular weight excluding hydrogens is 232 g/mol. The Morgan fingerprint density at radius 3 is 2.44 bits per heavy atom. The van der Waals surface area contributed by atoms with Gasteiger partial charge in [0.2, 0.25) is 0 Å². The maximum absolute atomic E-state index is 11.5. The van der Waals surface area contributed by atoms with E-state index in [9.17, 15) is 9.59 Å². The molecule has 0 spiro atoms. The van der Waals surface area contributed by atoms with Gasteiger partial charge in [0, 0.05) is 0 Å². The first-order valence-electron chi connectivity index (χ1n) is 6.06. The van der Waals surface area contributed by atoms with Crippen LogP contribution in [0.1, 0.15) is 24.4 Å². The molecule has 2 N–H and O–H groups in total. The summed E-state index contributed by atoms with van der Waals surface area (Å²) in [6, 6.07) is 6.23. The van der Waals surface area contributed by atoms with Crippen molar-refractivity contribution in [2.24, 2.45) is 5.92 Å². The molecule has 1 heterocycles. The molecule has 1 aliphatic carbocycles. The van der Waals surface area contributed by atoms with Crippen molar-refractivity contribution in [3.8, 4) is 5.75 Å². The van der Waals surface area contributed by atoms with Gasteiger partial charge < -0.3 is 10.1 Å². The van der Waals surface area contributed by atoms with Gasteiger partial charge in [0.1, 0.15) is 11.8 Å². The van der Waals surface area contributed by atoms with E-state index in [1.807, 2.05) is 12.1 Å². The van der Waals surface area contributed by atoms with Crippen molar-refractivity contribution in [2.45, 2.75) is 18.9 Å². The van der Waals surface area contributed by atoms with E-state index in [0.29, 0.717) is 5.92 Å². The van der Waals surface area contributed by atoms with Gasteiger partial charge in [0.15, 0.2) is 0 Å². The van der Waals surface area contributed by atoms with Crippen molar-refractivity contribution in [2.75, 3.05) is 6.61 Å². The number of imide groups is 1. The lowest BCUT2D eigenvalue weighted by Gasteiger charge is -2.09. The fourth-order valence-corrected chi connectivity index (χ4v) is 1.91. The smallest absolute Gasteiger partial charge is 0.322 e. The second-order valence-corrected chi connectivity index (χ2v) is 4.72. The van der Waals surface area contributed by atoms with Gasteiger partial charge in [-0.15, -0.1) is 0 Å². The minimum Gasteiger partial charge on any atom is -0.493 e. The first kappa shape index (κ1) is 11.1. The minimum absolute atomic E-state index is 0.313. The number of hydrogen-bond acceptors (Lipinski definition) is 3. The standard InChI is InChI=1S/C13H14N2O3/c16-12-11(14-13(17)15-12)9-3-5-10(6-4-9)18-7-8-1-2-8/h3-6,8,11H,1-2,7H2,(H2,14,15,16,17)/t11-/m1/s1. The second kappa shape index (κ2) is 4.33. The lowest BCUT2D eigenvalue weighted by atomic mass is 10.1. The molecule has 2 fully saturated rings. The van der Waals surface area contributed by atoms with Crippen LogP contribution < -0.4 is 15.4 Å². The van der Waals surface area contributed by atoms with Gasteiger partial charge in [-0.1, -0.05) is 12.1 Å². The highest BCUT2D eigenvalue weighted by molar-refractivity contribution is 6.04. The maximum atomic E-state index is 11.5. The molecule has 1 aromatic rings. The Kier molecular flexibility index (Phi) is 2.66. The Labute approximate surface area is 105 Å². The van der Waals surface area contributed by atoms with Crippen molar-refractivity contribution >= 4 is 11.9 Å². The summed E-state index contributed by atoms with van der Waals surface area (Å²) < 4.78 is 5.61. The van der Waals surface area contributed by atoms with E-state index in [-0.39, 0.29) is 5.91 Å². The van der Waals surface area contributed by atoms with Crippen LogP contribution in [0.4, 0.5) is 4.79 Å². The van der Waals surface area contributed by atoms with Crippen LogP contribution in [-0.2, 0) is 4.79 Å². The van der Waals surface area contributed by atoms with Crippen molar-refractivity contribution in [3.05, 3.63) is 29.8 Å². The van der Waals surface area contributed by atoms with Crippen LogP contribution in [0.2, 0.25) is 0 Å². The summed E-state index contributed by atoms with van der Waals surface area (Å²) in [6.07, 6.45) is 2.51. The lowest BCUT2D eigenvalue weighted by Crippen LogP contribution is -2.22. The van der Waals surface area contributed by atoms with E-state index >= 15 is 0 Å². The normalized spacial score (nSPS) is 22.6. The Morgan fingerprint density at radius 2 is 1.89 bits per heavy atom. The van der Waals surface area contributed by atoms with Gasteiger partial charge in [-0.05, 0) is 36.5 Å². The Morgan fingerprint density at radius 1 is 1.17 bits per heavy atom. The van der Waals surface area contributed by atoms with Gasteiger partial charge in [0.05, 0.1) is 6.61 Å². The van der Waals surface area contributed by atoms with Gasteiger partial charge in [0.25, 0.3) is 5.91 Å². The fourth-order valence-electron chi connectivity index (χ4n) is 1.91. The third-order valence-electron chi connectivity index (χ3n) is 3.17. The molecule has 94 valence electrons. The SMILES string of the molecule is O=C1NC(=O)[C@@H](c2ccc(OCC3CC3)cc2)N1. The molecule has 0 unspecified atom stereocenters. The predicted molar refractivity (Wildman–Crippen MR) is 64.1 cm³/mol. The third kappa shape index (κ3) is 2.30. The molecule has 1 atom stereocenters. The summed E-state index contributed by atoms with van der Waals surface area (Å²) in [5.41, 5.74) is 0.761. The van der Waals surface area contributed by atoms with Gasteiger partial charge in [-0.25, -0.2) is 4.79 Å². The summed E-state index contributed by atoms with van der Waals surface area (Å²) in [5, 5.41) is 4.77. The number of nitrogens with one attached hydrogen (secondary N) is 2. The Bertz CT molecular complexity index is 480. The van der Waals surface area contributed by atoms with Crippen LogP contribution in [0, 0.1) is 5.92 Å². The van der Waals surface area contributed by atoms with Gasteiger partial charge >= 0.3 is 6.03 Å². The molecule has 3 amide bonds. The first-order chi connectivity index (χ1) is 8.72. The number of rotatable bonds is 4. The monoisotopic (exact) mass is 246 g/mol. The number of carbonyl (C=O) groups is 2. The molecule has 1 saturated carbocycles. The molecule has 1 aliphatic heterocycles. The highest BCUT2D eigenvalue weighted by Gasteiger charge is 2.30. The Balaban J connectivity index is 1.66. The first-order valence-corrected chi connectivity index (χ1v) is 6.06. The molecule has 0 bridgehead atoms. The molecule has 2 aliphatic rings. The molecule has 1 saturated heterocycles. The Hall–Kier alpha value is -2.04. The molecule has 0 aromatic heterocycles. The van der Waals surface area contributed by atoms with E-state index in [1.165, 1.54) is 12.8 Å². The van der Waals surface area contributed by atoms with Gasteiger partial charge in [-0.3, -0.25) is 10.1 Å². The van der Waals surface area contributed by atoms with Crippen LogP contribution >= 0.6 is 0 Å². The van der Waals surface area contributed by atoms with Crippen molar-refractivity contribution in [1.82, 2.24) is 10.6 Å². The summed E-state index contributed by atoms with van der Waals surface area (Å²) in [5.74, 6) is 1.20. The zero-order chi connectivity index (χ0) is 12.5. The van der Waals surface area contributed by atoms with E-state index in [4.69, 9.17) is 4.74 Å². The molecule has 3 rings (SSSR count). The zero-order valence-corrected chi connectivity index (χ0v) is 9.81. The molecular formula is C13H14N2O3. The maximum Gasteiger partial charge on any atom is 0.322 e. The molecule has 1 aromatic carbocycles. The number of hydrogen-bond donors (Lipinski definition) is 2. The molecule has 0 radical (unpaired) electrons.